The van der Waals surface area contributed by atoms with Crippen molar-refractivity contribution in [3.8, 4) is 23.3 Å². The van der Waals surface area contributed by atoms with Gasteiger partial charge >= 0.3 is 0 Å². The molecule has 5 heteroatoms. The van der Waals surface area contributed by atoms with Crippen LogP contribution in [0.15, 0.2) is 60.9 Å². The van der Waals surface area contributed by atoms with Gasteiger partial charge in [0, 0.05) is 29.1 Å². The summed E-state index contributed by atoms with van der Waals surface area (Å²) >= 11 is 0. The summed E-state index contributed by atoms with van der Waals surface area (Å²) in [5.41, 5.74) is 3.79. The van der Waals surface area contributed by atoms with Crippen molar-refractivity contribution >= 4 is 23.4 Å². The Labute approximate surface area is 163 Å². The van der Waals surface area contributed by atoms with E-state index in [0.29, 0.717) is 5.57 Å². The van der Waals surface area contributed by atoms with Crippen LogP contribution in [0.25, 0.3) is 11.8 Å². The number of carbonyl (C=O) groups is 1. The third kappa shape index (κ3) is 3.36. The molecule has 0 bridgehead atoms. The molecule has 0 unspecified atom stereocenters. The number of hydrogen-bond acceptors (Lipinski definition) is 3. The molecule has 2 aromatic carbocycles. The minimum Gasteiger partial charge on any atom is -0.497 e. The summed E-state index contributed by atoms with van der Waals surface area (Å²) in [6, 6.07) is 15.1. The number of fused-ring (bicyclic) bond motifs is 1. The van der Waals surface area contributed by atoms with E-state index in [4.69, 9.17) is 9.47 Å². The van der Waals surface area contributed by atoms with Crippen LogP contribution in [0.5, 0.6) is 11.5 Å². The molecule has 0 radical (unpaired) electrons. The van der Waals surface area contributed by atoms with Crippen molar-refractivity contribution in [2.75, 3.05) is 19.5 Å². The predicted molar refractivity (Wildman–Crippen MR) is 109 cm³/mol. The average molecular weight is 370 g/mol. The number of methoxy groups -OCH3 is 2. The van der Waals surface area contributed by atoms with E-state index in [-0.39, 0.29) is 5.91 Å². The molecule has 4 rings (SSSR count). The van der Waals surface area contributed by atoms with Gasteiger partial charge < -0.3 is 19.4 Å². The lowest BCUT2D eigenvalue weighted by atomic mass is 10.0. The molecule has 1 amide bonds. The Bertz CT molecular complexity index is 1130. The summed E-state index contributed by atoms with van der Waals surface area (Å²) in [5, 5.41) is 2.91. The van der Waals surface area contributed by atoms with Crippen molar-refractivity contribution in [2.24, 2.45) is 0 Å². The second kappa shape index (κ2) is 7.37. The molecule has 0 fully saturated rings. The maximum Gasteiger partial charge on any atom is 0.257 e. The summed E-state index contributed by atoms with van der Waals surface area (Å²) in [5.74, 6) is 7.71. The zero-order valence-corrected chi connectivity index (χ0v) is 15.5. The van der Waals surface area contributed by atoms with Gasteiger partial charge in [-0.1, -0.05) is 17.9 Å². The monoisotopic (exact) mass is 370 g/mol. The Morgan fingerprint density at radius 2 is 1.75 bits per heavy atom. The molecule has 0 saturated carbocycles. The Kier molecular flexibility index (Phi) is 4.61. The Hall–Kier alpha value is -3.91. The summed E-state index contributed by atoms with van der Waals surface area (Å²) in [4.78, 5) is 12.5. The van der Waals surface area contributed by atoms with Crippen molar-refractivity contribution in [1.29, 1.82) is 0 Å². The van der Waals surface area contributed by atoms with Crippen LogP contribution in [-0.4, -0.2) is 24.7 Å². The van der Waals surface area contributed by atoms with Crippen LogP contribution in [0.4, 0.5) is 5.69 Å². The highest BCUT2D eigenvalue weighted by Gasteiger charge is 2.26. The Balaban J connectivity index is 1.73. The van der Waals surface area contributed by atoms with Gasteiger partial charge in [0.25, 0.3) is 5.91 Å². The number of rotatable bonds is 3. The number of hydrogen-bond donors (Lipinski definition) is 1. The zero-order valence-electron chi connectivity index (χ0n) is 15.5. The van der Waals surface area contributed by atoms with E-state index in [1.54, 1.807) is 25.0 Å². The molecule has 0 aliphatic carbocycles. The molecule has 1 aliphatic rings. The van der Waals surface area contributed by atoms with Crippen molar-refractivity contribution in [1.82, 2.24) is 4.57 Å². The van der Waals surface area contributed by atoms with Crippen molar-refractivity contribution in [3.05, 3.63) is 77.6 Å². The van der Waals surface area contributed by atoms with Crippen LogP contribution in [0.2, 0.25) is 0 Å². The summed E-state index contributed by atoms with van der Waals surface area (Å²) in [7, 11) is 3.24. The number of ether oxygens (including phenoxy) is 2. The summed E-state index contributed by atoms with van der Waals surface area (Å²) in [6.45, 7) is 0. The molecule has 1 aliphatic heterocycles. The molecule has 138 valence electrons. The van der Waals surface area contributed by atoms with Gasteiger partial charge in [0.05, 0.1) is 31.7 Å². The number of aromatic nitrogens is 1. The van der Waals surface area contributed by atoms with Crippen LogP contribution in [0, 0.1) is 11.8 Å². The van der Waals surface area contributed by atoms with Gasteiger partial charge in [-0.25, -0.2) is 0 Å². The number of anilines is 1. The number of nitrogens with one attached hydrogen (secondary N) is 1. The van der Waals surface area contributed by atoms with Crippen LogP contribution in [-0.2, 0) is 4.79 Å². The van der Waals surface area contributed by atoms with Gasteiger partial charge in [0.15, 0.2) is 0 Å². The molecule has 5 nitrogen and oxygen atoms in total. The van der Waals surface area contributed by atoms with Gasteiger partial charge in [0.2, 0.25) is 0 Å². The third-order valence-electron chi connectivity index (χ3n) is 4.46. The molecular formula is C23H18N2O3. The first-order chi connectivity index (χ1) is 13.7. The maximum absolute atomic E-state index is 12.5. The quantitative estimate of drug-likeness (QED) is 0.563. The minimum absolute atomic E-state index is 0.152. The molecule has 0 spiro atoms. The maximum atomic E-state index is 12.5. The number of carbonyl (C=O) groups excluding carboxylic acids is 1. The van der Waals surface area contributed by atoms with E-state index in [1.165, 1.54) is 0 Å². The molecule has 28 heavy (non-hydrogen) atoms. The largest absolute Gasteiger partial charge is 0.497 e. The average Bonchev–Trinajstić information content (AvgIpc) is 3.31. The van der Waals surface area contributed by atoms with Gasteiger partial charge in [0.1, 0.15) is 11.5 Å². The van der Waals surface area contributed by atoms with Crippen molar-refractivity contribution < 1.29 is 14.3 Å². The van der Waals surface area contributed by atoms with Gasteiger partial charge in [-0.3, -0.25) is 4.79 Å². The predicted octanol–water partition coefficient (Wildman–Crippen LogP) is 3.86. The first kappa shape index (κ1) is 17.5. The van der Waals surface area contributed by atoms with Crippen LogP contribution >= 0.6 is 0 Å². The summed E-state index contributed by atoms with van der Waals surface area (Å²) in [6.07, 6.45) is 5.43. The standard InChI is InChI=1S/C23H18N2O3/c1-27-18-10-7-16(8-11-18)6-9-17-4-3-5-21-22(17)20(23(26)24-21)15-25-13-12-19(14-25)28-2/h3-5,7-8,10-15H,1-2H3,(H,24,26). The van der Waals surface area contributed by atoms with Crippen LogP contribution < -0.4 is 14.8 Å². The van der Waals surface area contributed by atoms with Gasteiger partial charge in [-0.15, -0.1) is 0 Å². The normalized spacial score (nSPS) is 13.5. The fourth-order valence-electron chi connectivity index (χ4n) is 3.03. The third-order valence-corrected chi connectivity index (χ3v) is 4.46. The number of amides is 1. The highest BCUT2D eigenvalue weighted by Crippen LogP contribution is 2.35. The molecule has 0 saturated heterocycles. The van der Waals surface area contributed by atoms with Crippen molar-refractivity contribution in [3.63, 3.8) is 0 Å². The van der Waals surface area contributed by atoms with E-state index in [2.05, 4.69) is 17.2 Å². The molecular weight excluding hydrogens is 352 g/mol. The minimum atomic E-state index is -0.152. The smallest absolute Gasteiger partial charge is 0.257 e. The first-order valence-electron chi connectivity index (χ1n) is 8.72. The van der Waals surface area contributed by atoms with Gasteiger partial charge in [-0.05, 0) is 42.5 Å². The molecule has 1 aromatic heterocycles. The van der Waals surface area contributed by atoms with E-state index < -0.39 is 0 Å². The molecule has 0 atom stereocenters. The highest BCUT2D eigenvalue weighted by molar-refractivity contribution is 6.34. The lowest BCUT2D eigenvalue weighted by molar-refractivity contribution is -0.110. The van der Waals surface area contributed by atoms with E-state index >= 15 is 0 Å². The SMILES string of the molecule is COc1ccc(C#Cc2cccc3c2C(=Cn2ccc(OC)c2)C(=O)N3)cc1. The first-order valence-corrected chi connectivity index (χ1v) is 8.72. The zero-order chi connectivity index (χ0) is 19.5. The molecule has 3 aromatic rings. The Morgan fingerprint density at radius 1 is 0.964 bits per heavy atom. The second-order valence-electron chi connectivity index (χ2n) is 6.20. The van der Waals surface area contributed by atoms with E-state index in [1.807, 2.05) is 60.9 Å². The number of nitrogens with zero attached hydrogens (tertiary/aromatic N) is 1. The topological polar surface area (TPSA) is 52.5 Å². The fraction of sp³-hybridized carbons (Fsp3) is 0.0870. The van der Waals surface area contributed by atoms with Crippen LogP contribution in [0.1, 0.15) is 16.7 Å². The van der Waals surface area contributed by atoms with Crippen LogP contribution in [0.3, 0.4) is 0 Å². The molecule has 2 heterocycles. The lowest BCUT2D eigenvalue weighted by Crippen LogP contribution is -2.04. The Morgan fingerprint density at radius 3 is 2.46 bits per heavy atom. The highest BCUT2D eigenvalue weighted by atomic mass is 16.5. The number of benzene rings is 2. The second-order valence-corrected chi connectivity index (χ2v) is 6.20. The van der Waals surface area contributed by atoms with Crippen molar-refractivity contribution in [2.45, 2.75) is 0 Å². The fourth-order valence-corrected chi connectivity index (χ4v) is 3.03. The van der Waals surface area contributed by atoms with E-state index in [9.17, 15) is 4.79 Å². The lowest BCUT2D eigenvalue weighted by Gasteiger charge is -2.03. The molecule has 1 N–H and O–H groups in total. The summed E-state index contributed by atoms with van der Waals surface area (Å²) < 4.78 is 12.2. The van der Waals surface area contributed by atoms with E-state index in [0.717, 1.165) is 33.9 Å². The van der Waals surface area contributed by atoms with Gasteiger partial charge in [-0.2, -0.15) is 0 Å².